The summed E-state index contributed by atoms with van der Waals surface area (Å²) in [5.74, 6) is -0.359. The van der Waals surface area contributed by atoms with Crippen molar-refractivity contribution in [2.24, 2.45) is 0 Å². The molecule has 0 unspecified atom stereocenters. The molecule has 2 aromatic heterocycles. The minimum atomic E-state index is -0.237. The summed E-state index contributed by atoms with van der Waals surface area (Å²) >= 11 is 2.62. The van der Waals surface area contributed by atoms with E-state index in [0.717, 1.165) is 62.2 Å². The number of hydrogen-bond acceptors (Lipinski definition) is 7. The van der Waals surface area contributed by atoms with E-state index >= 15 is 0 Å². The first-order chi connectivity index (χ1) is 13.7. The molecule has 0 saturated carbocycles. The summed E-state index contributed by atoms with van der Waals surface area (Å²) in [6.45, 7) is 3.22. The van der Waals surface area contributed by atoms with Gasteiger partial charge >= 0.3 is 0 Å². The highest BCUT2D eigenvalue weighted by molar-refractivity contribution is 7.17. The highest BCUT2D eigenvalue weighted by Crippen LogP contribution is 2.38. The first kappa shape index (κ1) is 19.5. The van der Waals surface area contributed by atoms with E-state index in [4.69, 9.17) is 4.74 Å². The molecular weight excluding hydrogens is 396 g/mol. The molecule has 1 atom stereocenters. The van der Waals surface area contributed by atoms with Gasteiger partial charge in [0, 0.05) is 18.0 Å². The Bertz CT molecular complexity index is 871. The van der Waals surface area contributed by atoms with Gasteiger partial charge in [-0.2, -0.15) is 0 Å². The molecule has 1 aliphatic heterocycles. The molecule has 0 aromatic carbocycles. The summed E-state index contributed by atoms with van der Waals surface area (Å²) in [7, 11) is 0. The average molecular weight is 421 g/mol. The van der Waals surface area contributed by atoms with Crippen LogP contribution in [0.3, 0.4) is 0 Å². The Labute approximate surface area is 172 Å². The van der Waals surface area contributed by atoms with Crippen molar-refractivity contribution in [3.05, 3.63) is 26.6 Å². The Balaban J connectivity index is 1.56. The van der Waals surface area contributed by atoms with Crippen molar-refractivity contribution in [1.29, 1.82) is 0 Å². The van der Waals surface area contributed by atoms with Gasteiger partial charge in [-0.1, -0.05) is 11.4 Å². The van der Waals surface area contributed by atoms with Gasteiger partial charge in [0.2, 0.25) is 0 Å². The van der Waals surface area contributed by atoms with Crippen LogP contribution in [0, 0.1) is 0 Å². The van der Waals surface area contributed by atoms with E-state index in [1.165, 1.54) is 16.2 Å². The zero-order valence-corrected chi connectivity index (χ0v) is 17.5. The number of thiophene rings is 1. The van der Waals surface area contributed by atoms with Crippen LogP contribution >= 0.6 is 22.9 Å². The van der Waals surface area contributed by atoms with Gasteiger partial charge in [-0.05, 0) is 62.0 Å². The van der Waals surface area contributed by atoms with Gasteiger partial charge in [-0.25, -0.2) is 0 Å². The standard InChI is InChI=1S/C19H24N4O3S2/c1-2-13-16(28-23-22-13)18(25)21-19-15(12-7-3-4-8-14(12)27-19)17(24)20-10-11-6-5-9-26-11/h11H,2-10H2,1H3,(H,20,24)(H,21,25)/t11-/m1/s1. The van der Waals surface area contributed by atoms with E-state index < -0.39 is 0 Å². The lowest BCUT2D eigenvalue weighted by Gasteiger charge is -2.15. The number of amides is 2. The van der Waals surface area contributed by atoms with Crippen LogP contribution in [-0.4, -0.2) is 40.7 Å². The Morgan fingerprint density at radius 2 is 2.07 bits per heavy atom. The van der Waals surface area contributed by atoms with Crippen molar-refractivity contribution in [3.63, 3.8) is 0 Å². The monoisotopic (exact) mass is 420 g/mol. The summed E-state index contributed by atoms with van der Waals surface area (Å²) in [4.78, 5) is 27.5. The second-order valence-electron chi connectivity index (χ2n) is 7.12. The number of rotatable bonds is 6. The molecule has 2 aromatic rings. The third kappa shape index (κ3) is 3.97. The summed E-state index contributed by atoms with van der Waals surface area (Å²) < 4.78 is 9.50. The highest BCUT2D eigenvalue weighted by Gasteiger charge is 2.28. The first-order valence-corrected chi connectivity index (χ1v) is 11.4. The Morgan fingerprint density at radius 3 is 2.86 bits per heavy atom. The third-order valence-corrected chi connectivity index (χ3v) is 7.21. The maximum absolute atomic E-state index is 13.0. The fourth-order valence-electron chi connectivity index (χ4n) is 3.77. The van der Waals surface area contributed by atoms with Crippen LogP contribution in [0.1, 0.15) is 68.8 Å². The van der Waals surface area contributed by atoms with Gasteiger partial charge in [-0.15, -0.1) is 16.4 Å². The molecule has 150 valence electrons. The van der Waals surface area contributed by atoms with Crippen LogP contribution in [0.2, 0.25) is 0 Å². The Morgan fingerprint density at radius 1 is 1.21 bits per heavy atom. The predicted octanol–water partition coefficient (Wildman–Crippen LogP) is 3.20. The molecule has 2 N–H and O–H groups in total. The number of aromatic nitrogens is 2. The van der Waals surface area contributed by atoms with Crippen molar-refractivity contribution >= 4 is 39.7 Å². The van der Waals surface area contributed by atoms with Gasteiger partial charge in [0.25, 0.3) is 11.8 Å². The van der Waals surface area contributed by atoms with E-state index in [0.29, 0.717) is 34.1 Å². The minimum absolute atomic E-state index is 0.0897. The van der Waals surface area contributed by atoms with E-state index in [1.807, 2.05) is 6.92 Å². The summed E-state index contributed by atoms with van der Waals surface area (Å²) in [6.07, 6.45) is 6.79. The van der Waals surface area contributed by atoms with Gasteiger partial charge in [0.1, 0.15) is 9.88 Å². The highest BCUT2D eigenvalue weighted by atomic mass is 32.1. The minimum Gasteiger partial charge on any atom is -0.376 e. The molecule has 9 heteroatoms. The van der Waals surface area contributed by atoms with E-state index in [1.54, 1.807) is 0 Å². The molecule has 1 saturated heterocycles. The molecule has 1 fully saturated rings. The van der Waals surface area contributed by atoms with Crippen molar-refractivity contribution in [1.82, 2.24) is 14.9 Å². The maximum atomic E-state index is 13.0. The molecule has 28 heavy (non-hydrogen) atoms. The molecular formula is C19H24N4O3S2. The topological polar surface area (TPSA) is 93.2 Å². The molecule has 0 spiro atoms. The fraction of sp³-hybridized carbons (Fsp3) is 0.579. The number of carbonyl (C=O) groups is 2. The number of ether oxygens (including phenoxy) is 1. The largest absolute Gasteiger partial charge is 0.376 e. The number of carbonyl (C=O) groups excluding carboxylic acids is 2. The van der Waals surface area contributed by atoms with Crippen LogP contribution < -0.4 is 10.6 Å². The van der Waals surface area contributed by atoms with Crippen LogP contribution in [-0.2, 0) is 24.0 Å². The molecule has 0 radical (unpaired) electrons. The Hall–Kier alpha value is -1.84. The van der Waals surface area contributed by atoms with Crippen molar-refractivity contribution < 1.29 is 14.3 Å². The van der Waals surface area contributed by atoms with E-state index in [2.05, 4.69) is 20.2 Å². The number of nitrogens with one attached hydrogen (secondary N) is 2. The predicted molar refractivity (Wildman–Crippen MR) is 110 cm³/mol. The number of fused-ring (bicyclic) bond motifs is 1. The van der Waals surface area contributed by atoms with Gasteiger partial charge in [-0.3, -0.25) is 9.59 Å². The lowest BCUT2D eigenvalue weighted by molar-refractivity contribution is 0.0858. The van der Waals surface area contributed by atoms with Crippen molar-refractivity contribution in [2.75, 3.05) is 18.5 Å². The van der Waals surface area contributed by atoms with E-state index in [9.17, 15) is 9.59 Å². The van der Waals surface area contributed by atoms with Crippen molar-refractivity contribution in [2.45, 2.75) is 58.0 Å². The third-order valence-electron chi connectivity index (χ3n) is 5.24. The molecule has 2 aliphatic rings. The number of anilines is 1. The lowest BCUT2D eigenvalue weighted by Crippen LogP contribution is -2.32. The lowest BCUT2D eigenvalue weighted by atomic mass is 9.95. The second-order valence-corrected chi connectivity index (χ2v) is 8.98. The van der Waals surface area contributed by atoms with Crippen LogP contribution in [0.25, 0.3) is 0 Å². The number of aryl methyl sites for hydroxylation is 2. The first-order valence-electron chi connectivity index (χ1n) is 9.84. The SMILES string of the molecule is CCc1nnsc1C(=O)Nc1sc2c(c1C(=O)NC[C@H]1CCCO1)CCCC2. The van der Waals surface area contributed by atoms with Gasteiger partial charge in [0.05, 0.1) is 17.4 Å². The summed E-state index contributed by atoms with van der Waals surface area (Å²) in [6, 6.07) is 0. The zero-order valence-electron chi connectivity index (χ0n) is 15.9. The normalized spacial score (nSPS) is 18.7. The summed E-state index contributed by atoms with van der Waals surface area (Å²) in [5, 5.41) is 10.6. The molecule has 0 bridgehead atoms. The van der Waals surface area contributed by atoms with Crippen LogP contribution in [0.5, 0.6) is 0 Å². The van der Waals surface area contributed by atoms with E-state index in [-0.39, 0.29) is 17.9 Å². The van der Waals surface area contributed by atoms with Crippen molar-refractivity contribution in [3.8, 4) is 0 Å². The molecule has 4 rings (SSSR count). The zero-order chi connectivity index (χ0) is 19.5. The maximum Gasteiger partial charge on any atom is 0.269 e. The quantitative estimate of drug-likeness (QED) is 0.749. The number of nitrogens with zero attached hydrogens (tertiary/aromatic N) is 2. The summed E-state index contributed by atoms with van der Waals surface area (Å²) in [5.41, 5.74) is 2.41. The molecule has 2 amide bonds. The fourth-order valence-corrected chi connectivity index (χ4v) is 5.69. The van der Waals surface area contributed by atoms with Crippen LogP contribution in [0.15, 0.2) is 0 Å². The smallest absolute Gasteiger partial charge is 0.269 e. The van der Waals surface area contributed by atoms with Gasteiger partial charge < -0.3 is 15.4 Å². The second kappa shape index (κ2) is 8.67. The average Bonchev–Trinajstić information content (AvgIpc) is 3.44. The molecule has 3 heterocycles. The number of hydrogen-bond donors (Lipinski definition) is 2. The van der Waals surface area contributed by atoms with Gasteiger partial charge in [0.15, 0.2) is 0 Å². The molecule has 7 nitrogen and oxygen atoms in total. The van der Waals surface area contributed by atoms with Crippen LogP contribution in [0.4, 0.5) is 5.00 Å². The Kier molecular flexibility index (Phi) is 6.03. The molecule has 1 aliphatic carbocycles.